The number of aromatic nitrogens is 1. The van der Waals surface area contributed by atoms with Gasteiger partial charge in [-0.3, -0.25) is 4.79 Å². The van der Waals surface area contributed by atoms with Crippen LogP contribution in [-0.4, -0.2) is 45.7 Å². The van der Waals surface area contributed by atoms with Gasteiger partial charge in [0.25, 0.3) is 5.91 Å². The van der Waals surface area contributed by atoms with Crippen molar-refractivity contribution >= 4 is 32.3 Å². The van der Waals surface area contributed by atoms with E-state index in [4.69, 9.17) is 0 Å². The van der Waals surface area contributed by atoms with E-state index in [1.165, 1.54) is 6.07 Å². The van der Waals surface area contributed by atoms with E-state index in [0.29, 0.717) is 6.54 Å². The molecular formula is C27H29N3O3S. The van der Waals surface area contributed by atoms with Crippen LogP contribution in [-0.2, 0) is 9.84 Å². The zero-order valence-corrected chi connectivity index (χ0v) is 20.4. The third-order valence-electron chi connectivity index (χ3n) is 6.12. The molecule has 34 heavy (non-hydrogen) atoms. The Bertz CT molecular complexity index is 1410. The van der Waals surface area contributed by atoms with Crippen molar-refractivity contribution in [3.8, 4) is 0 Å². The number of carbonyl (C=O) groups is 1. The Morgan fingerprint density at radius 1 is 0.971 bits per heavy atom. The van der Waals surface area contributed by atoms with Gasteiger partial charge in [0, 0.05) is 49.3 Å². The van der Waals surface area contributed by atoms with E-state index >= 15 is 0 Å². The van der Waals surface area contributed by atoms with Crippen LogP contribution >= 0.6 is 0 Å². The average Bonchev–Trinajstić information content (AvgIpc) is 3.28. The molecule has 0 radical (unpaired) electrons. The molecule has 2 N–H and O–H groups in total. The zero-order valence-electron chi connectivity index (χ0n) is 19.6. The summed E-state index contributed by atoms with van der Waals surface area (Å²) < 4.78 is 25.0. The molecule has 7 heteroatoms. The molecule has 0 bridgehead atoms. The quantitative estimate of drug-likeness (QED) is 0.391. The van der Waals surface area contributed by atoms with Gasteiger partial charge >= 0.3 is 0 Å². The molecule has 0 saturated heterocycles. The van der Waals surface area contributed by atoms with Gasteiger partial charge in [-0.1, -0.05) is 49.4 Å². The molecule has 1 atom stereocenters. The third kappa shape index (κ3) is 4.70. The maximum Gasteiger partial charge on any atom is 0.252 e. The normalized spacial score (nSPS) is 12.4. The van der Waals surface area contributed by atoms with Crippen LogP contribution in [0.3, 0.4) is 0 Å². The molecule has 0 fully saturated rings. The van der Waals surface area contributed by atoms with E-state index in [1.54, 1.807) is 25.1 Å². The first-order valence-corrected chi connectivity index (χ1v) is 12.9. The van der Waals surface area contributed by atoms with Gasteiger partial charge in [0.05, 0.1) is 16.2 Å². The number of fused-ring (bicyclic) bond motifs is 1. The number of aromatic amines is 1. The topological polar surface area (TPSA) is 82.3 Å². The zero-order chi connectivity index (χ0) is 24.3. The van der Waals surface area contributed by atoms with Crippen LogP contribution in [0.4, 0.5) is 5.69 Å². The number of rotatable bonds is 8. The van der Waals surface area contributed by atoms with Crippen LogP contribution in [0.5, 0.6) is 0 Å². The summed E-state index contributed by atoms with van der Waals surface area (Å²) in [4.78, 5) is 18.6. The summed E-state index contributed by atoms with van der Waals surface area (Å²) >= 11 is 0. The average molecular weight is 476 g/mol. The first kappa shape index (κ1) is 23.6. The first-order valence-electron chi connectivity index (χ1n) is 11.2. The van der Waals surface area contributed by atoms with Crippen molar-refractivity contribution in [3.05, 3.63) is 95.7 Å². The number of sulfone groups is 1. The number of carbonyl (C=O) groups excluding carboxylic acids is 1. The molecule has 6 nitrogen and oxygen atoms in total. The van der Waals surface area contributed by atoms with Crippen molar-refractivity contribution < 1.29 is 13.2 Å². The summed E-state index contributed by atoms with van der Waals surface area (Å²) in [6.45, 7) is 1.90. The lowest BCUT2D eigenvalue weighted by Gasteiger charge is -2.20. The molecule has 0 aliphatic heterocycles. The van der Waals surface area contributed by atoms with Gasteiger partial charge < -0.3 is 15.2 Å². The minimum absolute atomic E-state index is 0.0620. The molecule has 176 valence electrons. The molecule has 0 spiro atoms. The second kappa shape index (κ2) is 9.73. The van der Waals surface area contributed by atoms with Crippen molar-refractivity contribution in [2.24, 2.45) is 0 Å². The van der Waals surface area contributed by atoms with Crippen LogP contribution in [0, 0.1) is 0 Å². The lowest BCUT2D eigenvalue weighted by atomic mass is 9.90. The van der Waals surface area contributed by atoms with E-state index in [9.17, 15) is 13.2 Å². The van der Waals surface area contributed by atoms with Crippen LogP contribution in [0.1, 0.15) is 34.3 Å². The van der Waals surface area contributed by atoms with Crippen LogP contribution in [0.2, 0.25) is 0 Å². The highest BCUT2D eigenvalue weighted by Gasteiger charge is 2.23. The van der Waals surface area contributed by atoms with Crippen LogP contribution < -0.4 is 10.2 Å². The Morgan fingerprint density at radius 2 is 1.65 bits per heavy atom. The molecule has 1 amide bonds. The third-order valence-corrected chi connectivity index (χ3v) is 7.91. The number of nitrogens with one attached hydrogen (secondary N) is 2. The maximum absolute atomic E-state index is 13.2. The van der Waals surface area contributed by atoms with Gasteiger partial charge in [-0.2, -0.15) is 0 Å². The number of nitrogens with zero attached hydrogens (tertiary/aromatic N) is 1. The molecule has 0 aliphatic rings. The fourth-order valence-electron chi connectivity index (χ4n) is 4.17. The number of anilines is 1. The van der Waals surface area contributed by atoms with Gasteiger partial charge in [0.15, 0.2) is 9.84 Å². The maximum atomic E-state index is 13.2. The highest BCUT2D eigenvalue weighted by molar-refractivity contribution is 7.91. The van der Waals surface area contributed by atoms with E-state index in [2.05, 4.69) is 40.6 Å². The highest BCUT2D eigenvalue weighted by Crippen LogP contribution is 2.31. The van der Waals surface area contributed by atoms with Gasteiger partial charge in [0.1, 0.15) is 0 Å². The Hall–Kier alpha value is -3.58. The SMILES string of the molecule is CCS(=O)(=O)c1ccccc1C(=O)NCC(c1ccc(N(C)C)cc1)c1c[nH]c2ccccc12. The fraction of sp³-hybridized carbons (Fsp3) is 0.222. The predicted molar refractivity (Wildman–Crippen MR) is 137 cm³/mol. The summed E-state index contributed by atoms with van der Waals surface area (Å²) in [5.74, 6) is -0.582. The lowest BCUT2D eigenvalue weighted by molar-refractivity contribution is 0.0949. The number of hydrogen-bond acceptors (Lipinski definition) is 4. The molecule has 4 rings (SSSR count). The van der Waals surface area contributed by atoms with Crippen molar-refractivity contribution in [1.82, 2.24) is 10.3 Å². The standard InChI is InChI=1S/C27H29N3O3S/c1-4-34(32,33)26-12-8-6-10-22(26)27(31)29-17-23(19-13-15-20(16-14-19)30(2)3)24-18-28-25-11-7-5-9-21(24)25/h5-16,18,23,28H,4,17H2,1-3H3,(H,29,31). The molecule has 0 saturated carbocycles. The highest BCUT2D eigenvalue weighted by atomic mass is 32.2. The summed E-state index contributed by atoms with van der Waals surface area (Å²) in [5, 5.41) is 4.09. The van der Waals surface area contributed by atoms with E-state index in [1.807, 2.05) is 43.4 Å². The number of H-pyrrole nitrogens is 1. The smallest absolute Gasteiger partial charge is 0.252 e. The Kier molecular flexibility index (Phi) is 6.75. The van der Waals surface area contributed by atoms with Crippen molar-refractivity contribution in [3.63, 3.8) is 0 Å². The van der Waals surface area contributed by atoms with Crippen LogP contribution in [0.25, 0.3) is 10.9 Å². The van der Waals surface area contributed by atoms with E-state index < -0.39 is 15.7 Å². The van der Waals surface area contributed by atoms with Gasteiger partial charge in [-0.25, -0.2) is 8.42 Å². The van der Waals surface area contributed by atoms with Crippen LogP contribution in [0.15, 0.2) is 83.9 Å². The Morgan fingerprint density at radius 3 is 2.35 bits per heavy atom. The predicted octanol–water partition coefficient (Wildman–Crippen LogP) is 4.59. The molecule has 4 aromatic rings. The largest absolute Gasteiger partial charge is 0.378 e. The minimum Gasteiger partial charge on any atom is -0.378 e. The van der Waals surface area contributed by atoms with Gasteiger partial charge in [0.2, 0.25) is 0 Å². The molecule has 1 unspecified atom stereocenters. The summed E-state index contributed by atoms with van der Waals surface area (Å²) in [7, 11) is 0.468. The van der Waals surface area contributed by atoms with E-state index in [0.717, 1.165) is 27.7 Å². The van der Waals surface area contributed by atoms with Gasteiger partial charge in [-0.05, 0) is 41.5 Å². The molecular weight excluding hydrogens is 446 g/mol. The number of amides is 1. The summed E-state index contributed by atoms with van der Waals surface area (Å²) in [6.07, 6.45) is 1.98. The van der Waals surface area contributed by atoms with Crippen molar-refractivity contribution in [2.75, 3.05) is 31.3 Å². The molecule has 1 aromatic heterocycles. The van der Waals surface area contributed by atoms with Crippen molar-refractivity contribution in [2.45, 2.75) is 17.7 Å². The Balaban J connectivity index is 1.68. The van der Waals surface area contributed by atoms with Crippen molar-refractivity contribution in [1.29, 1.82) is 0 Å². The Labute approximate surface area is 200 Å². The first-order chi connectivity index (χ1) is 16.3. The van der Waals surface area contributed by atoms with E-state index in [-0.39, 0.29) is 22.1 Å². The van der Waals surface area contributed by atoms with Gasteiger partial charge in [-0.15, -0.1) is 0 Å². The lowest BCUT2D eigenvalue weighted by Crippen LogP contribution is -2.30. The molecule has 1 heterocycles. The monoisotopic (exact) mass is 475 g/mol. The second-order valence-corrected chi connectivity index (χ2v) is 10.7. The summed E-state index contributed by atoms with van der Waals surface area (Å²) in [6, 6.07) is 22.7. The number of benzene rings is 3. The number of hydrogen-bond donors (Lipinski definition) is 2. The fourth-order valence-corrected chi connectivity index (χ4v) is 5.26. The second-order valence-electron chi connectivity index (χ2n) is 8.44. The molecule has 3 aromatic carbocycles. The molecule has 0 aliphatic carbocycles. The minimum atomic E-state index is -3.52. The number of para-hydroxylation sites is 1. The summed E-state index contributed by atoms with van der Waals surface area (Å²) in [5.41, 5.74) is 4.42.